The Hall–Kier alpha value is -1.14. The van der Waals surface area contributed by atoms with Gasteiger partial charge in [0.05, 0.1) is 6.10 Å². The van der Waals surface area contributed by atoms with Crippen LogP contribution in [0.3, 0.4) is 0 Å². The third kappa shape index (κ3) is 7.12. The van der Waals surface area contributed by atoms with Gasteiger partial charge in [0.1, 0.15) is 18.3 Å². The minimum atomic E-state index is -1.15. The predicted octanol–water partition coefficient (Wildman–Crippen LogP) is 0.638. The lowest BCUT2D eigenvalue weighted by Gasteiger charge is -2.24. The largest absolute Gasteiger partial charge is 0.461 e. The molecule has 0 radical (unpaired) electrons. The molecular weight excluding hydrogens is 252 g/mol. The van der Waals surface area contributed by atoms with Crippen LogP contribution in [0.25, 0.3) is 0 Å². The zero-order valence-corrected chi connectivity index (χ0v) is 12.1. The predicted molar refractivity (Wildman–Crippen MR) is 68.3 cm³/mol. The van der Waals surface area contributed by atoms with Gasteiger partial charge >= 0.3 is 11.9 Å². The molecule has 0 fully saturated rings. The second kappa shape index (κ2) is 8.12. The zero-order valence-electron chi connectivity index (χ0n) is 12.1. The van der Waals surface area contributed by atoms with E-state index < -0.39 is 30.3 Å². The SMILES string of the molecule is CC(CC(C)C(C)OC(=O)C(C)O)OC(=O)C(C)O. The Balaban J connectivity index is 4.18. The second-order valence-electron chi connectivity index (χ2n) is 4.95. The highest BCUT2D eigenvalue weighted by Gasteiger charge is 2.23. The molecule has 0 amide bonds. The van der Waals surface area contributed by atoms with E-state index in [1.807, 2.05) is 6.92 Å². The Morgan fingerprint density at radius 1 is 0.895 bits per heavy atom. The maximum atomic E-state index is 11.2. The van der Waals surface area contributed by atoms with Gasteiger partial charge in [0.2, 0.25) is 0 Å². The van der Waals surface area contributed by atoms with Crippen LogP contribution < -0.4 is 0 Å². The molecule has 19 heavy (non-hydrogen) atoms. The van der Waals surface area contributed by atoms with Crippen molar-refractivity contribution in [1.82, 2.24) is 0 Å². The van der Waals surface area contributed by atoms with E-state index >= 15 is 0 Å². The molecule has 0 aromatic heterocycles. The topological polar surface area (TPSA) is 93.1 Å². The van der Waals surface area contributed by atoms with Crippen molar-refractivity contribution >= 4 is 11.9 Å². The first-order valence-corrected chi connectivity index (χ1v) is 6.42. The molecule has 0 aliphatic carbocycles. The molecule has 6 heteroatoms. The summed E-state index contributed by atoms with van der Waals surface area (Å²) in [6.07, 6.45) is -2.59. The van der Waals surface area contributed by atoms with Gasteiger partial charge in [-0.1, -0.05) is 6.92 Å². The van der Waals surface area contributed by atoms with Crippen molar-refractivity contribution in [2.24, 2.45) is 5.92 Å². The summed E-state index contributed by atoms with van der Waals surface area (Å²) in [5.74, 6) is -1.39. The van der Waals surface area contributed by atoms with Crippen LogP contribution in [-0.2, 0) is 19.1 Å². The van der Waals surface area contributed by atoms with E-state index in [1.165, 1.54) is 13.8 Å². The first-order valence-electron chi connectivity index (χ1n) is 6.42. The number of carbonyl (C=O) groups is 2. The minimum absolute atomic E-state index is 0.0421. The normalized spacial score (nSPS) is 18.9. The van der Waals surface area contributed by atoms with Crippen LogP contribution in [-0.4, -0.2) is 46.6 Å². The van der Waals surface area contributed by atoms with E-state index in [1.54, 1.807) is 13.8 Å². The van der Waals surface area contributed by atoms with Crippen LogP contribution in [0.15, 0.2) is 0 Å². The molecular formula is C13H24O6. The van der Waals surface area contributed by atoms with Gasteiger partial charge in [-0.25, -0.2) is 9.59 Å². The highest BCUT2D eigenvalue weighted by molar-refractivity contribution is 5.74. The summed E-state index contributed by atoms with van der Waals surface area (Å²) in [4.78, 5) is 22.4. The molecule has 0 saturated heterocycles. The number of aliphatic hydroxyl groups is 2. The zero-order chi connectivity index (χ0) is 15.2. The lowest BCUT2D eigenvalue weighted by atomic mass is 9.99. The van der Waals surface area contributed by atoms with Crippen molar-refractivity contribution in [1.29, 1.82) is 0 Å². The first-order chi connectivity index (χ1) is 8.65. The Kier molecular flexibility index (Phi) is 7.63. The maximum absolute atomic E-state index is 11.2. The maximum Gasteiger partial charge on any atom is 0.334 e. The van der Waals surface area contributed by atoms with Crippen LogP contribution in [0.2, 0.25) is 0 Å². The average Bonchev–Trinajstić information content (AvgIpc) is 2.27. The van der Waals surface area contributed by atoms with Crippen molar-refractivity contribution < 1.29 is 29.3 Å². The fourth-order valence-electron chi connectivity index (χ4n) is 1.46. The first kappa shape index (κ1) is 17.9. The summed E-state index contributed by atoms with van der Waals surface area (Å²) in [6.45, 7) is 7.96. The molecule has 0 aliphatic heterocycles. The Bertz CT molecular complexity index is 300. The summed E-state index contributed by atoms with van der Waals surface area (Å²) < 4.78 is 10.1. The molecule has 0 aromatic rings. The van der Waals surface area contributed by atoms with E-state index in [2.05, 4.69) is 0 Å². The molecule has 0 saturated carbocycles. The summed E-state index contributed by atoms with van der Waals surface area (Å²) in [5.41, 5.74) is 0. The molecule has 0 aromatic carbocycles. The van der Waals surface area contributed by atoms with Gasteiger partial charge < -0.3 is 19.7 Å². The number of hydrogen-bond donors (Lipinski definition) is 2. The van der Waals surface area contributed by atoms with Gasteiger partial charge in [-0.2, -0.15) is 0 Å². The van der Waals surface area contributed by atoms with E-state index in [9.17, 15) is 9.59 Å². The third-order valence-corrected chi connectivity index (χ3v) is 2.81. The van der Waals surface area contributed by atoms with Crippen molar-refractivity contribution in [2.45, 2.75) is 65.5 Å². The molecule has 5 atom stereocenters. The van der Waals surface area contributed by atoms with Crippen molar-refractivity contribution in [3.63, 3.8) is 0 Å². The average molecular weight is 276 g/mol. The third-order valence-electron chi connectivity index (χ3n) is 2.81. The van der Waals surface area contributed by atoms with Crippen LogP contribution >= 0.6 is 0 Å². The second-order valence-corrected chi connectivity index (χ2v) is 4.95. The molecule has 0 rings (SSSR count). The number of aliphatic hydroxyl groups excluding tert-OH is 2. The quantitative estimate of drug-likeness (QED) is 0.663. The Labute approximate surface area is 113 Å². The molecule has 2 N–H and O–H groups in total. The monoisotopic (exact) mass is 276 g/mol. The van der Waals surface area contributed by atoms with Crippen LogP contribution in [0, 0.1) is 5.92 Å². The molecule has 5 unspecified atom stereocenters. The van der Waals surface area contributed by atoms with Crippen LogP contribution in [0.1, 0.15) is 41.0 Å². The van der Waals surface area contributed by atoms with Crippen molar-refractivity contribution in [3.05, 3.63) is 0 Å². The molecule has 0 bridgehead atoms. The summed E-state index contributed by atoms with van der Waals surface area (Å²) >= 11 is 0. The summed E-state index contributed by atoms with van der Waals surface area (Å²) in [7, 11) is 0. The van der Waals surface area contributed by atoms with Crippen molar-refractivity contribution in [2.75, 3.05) is 0 Å². The minimum Gasteiger partial charge on any atom is -0.461 e. The molecule has 6 nitrogen and oxygen atoms in total. The molecule has 112 valence electrons. The summed E-state index contributed by atoms with van der Waals surface area (Å²) in [5, 5.41) is 18.1. The van der Waals surface area contributed by atoms with Gasteiger partial charge in [0, 0.05) is 0 Å². The number of carbonyl (C=O) groups excluding carboxylic acids is 2. The molecule has 0 heterocycles. The van der Waals surface area contributed by atoms with Gasteiger partial charge in [-0.05, 0) is 40.0 Å². The van der Waals surface area contributed by atoms with Gasteiger partial charge in [0.25, 0.3) is 0 Å². The van der Waals surface area contributed by atoms with E-state index in [0.717, 1.165) is 0 Å². The molecule has 0 aliphatic rings. The fourth-order valence-corrected chi connectivity index (χ4v) is 1.46. The highest BCUT2D eigenvalue weighted by Crippen LogP contribution is 2.16. The van der Waals surface area contributed by atoms with E-state index in [4.69, 9.17) is 19.7 Å². The van der Waals surface area contributed by atoms with Crippen molar-refractivity contribution in [3.8, 4) is 0 Å². The Morgan fingerprint density at radius 2 is 1.32 bits per heavy atom. The van der Waals surface area contributed by atoms with Gasteiger partial charge in [-0.15, -0.1) is 0 Å². The highest BCUT2D eigenvalue weighted by atomic mass is 16.6. The lowest BCUT2D eigenvalue weighted by Crippen LogP contribution is -2.31. The van der Waals surface area contributed by atoms with Gasteiger partial charge in [-0.3, -0.25) is 0 Å². The van der Waals surface area contributed by atoms with Gasteiger partial charge in [0.15, 0.2) is 0 Å². The number of hydrogen-bond acceptors (Lipinski definition) is 6. The number of rotatable bonds is 7. The number of esters is 2. The lowest BCUT2D eigenvalue weighted by molar-refractivity contribution is -0.163. The van der Waals surface area contributed by atoms with E-state index in [-0.39, 0.29) is 12.0 Å². The summed E-state index contributed by atoms with van der Waals surface area (Å²) in [6, 6.07) is 0. The fraction of sp³-hybridized carbons (Fsp3) is 0.846. The Morgan fingerprint density at radius 3 is 1.74 bits per heavy atom. The number of ether oxygens (including phenoxy) is 2. The molecule has 0 spiro atoms. The van der Waals surface area contributed by atoms with Crippen LogP contribution in [0.4, 0.5) is 0 Å². The smallest absolute Gasteiger partial charge is 0.334 e. The van der Waals surface area contributed by atoms with Crippen LogP contribution in [0.5, 0.6) is 0 Å². The van der Waals surface area contributed by atoms with E-state index in [0.29, 0.717) is 6.42 Å². The standard InChI is InChI=1S/C13H24O6/c1-7(11(5)19-13(17)10(4)15)6-8(2)18-12(16)9(3)14/h7-11,14-15H,6H2,1-5H3.